The summed E-state index contributed by atoms with van der Waals surface area (Å²) in [6.45, 7) is 0.451. The van der Waals surface area contributed by atoms with Crippen LogP contribution in [0.15, 0.2) is 55.0 Å². The quantitative estimate of drug-likeness (QED) is 0.760. The lowest BCUT2D eigenvalue weighted by molar-refractivity contribution is -0.127. The fourth-order valence-corrected chi connectivity index (χ4v) is 3.71. The van der Waals surface area contributed by atoms with Crippen LogP contribution in [0.5, 0.6) is 0 Å². The van der Waals surface area contributed by atoms with Crippen molar-refractivity contribution in [2.75, 3.05) is 13.6 Å². The van der Waals surface area contributed by atoms with Crippen molar-refractivity contribution >= 4 is 22.7 Å². The molecule has 0 bridgehead atoms. The van der Waals surface area contributed by atoms with Crippen LogP contribution in [0.1, 0.15) is 28.4 Å². The van der Waals surface area contributed by atoms with Crippen molar-refractivity contribution in [3.8, 4) is 0 Å². The molecule has 6 nitrogen and oxygen atoms in total. The van der Waals surface area contributed by atoms with E-state index >= 15 is 0 Å². The lowest BCUT2D eigenvalue weighted by Crippen LogP contribution is -2.32. The Hall–Kier alpha value is -3.15. The topological polar surface area (TPSA) is 78.1 Å². The summed E-state index contributed by atoms with van der Waals surface area (Å²) >= 11 is 0. The van der Waals surface area contributed by atoms with Gasteiger partial charge in [-0.05, 0) is 42.0 Å². The van der Waals surface area contributed by atoms with E-state index in [1.54, 1.807) is 23.4 Å². The van der Waals surface area contributed by atoms with Gasteiger partial charge in [-0.25, -0.2) is 0 Å². The van der Waals surface area contributed by atoms with Crippen LogP contribution in [-0.4, -0.2) is 40.3 Å². The number of pyridine rings is 1. The number of benzene rings is 1. The Balaban J connectivity index is 1.48. The first-order chi connectivity index (χ1) is 12.6. The summed E-state index contributed by atoms with van der Waals surface area (Å²) in [5.41, 5.74) is 2.67. The second-order valence-corrected chi connectivity index (χ2v) is 6.68. The molecular weight excluding hydrogens is 328 g/mol. The molecule has 2 aromatic heterocycles. The summed E-state index contributed by atoms with van der Waals surface area (Å²) in [6, 6.07) is 11.3. The lowest BCUT2D eigenvalue weighted by Gasteiger charge is -2.25. The van der Waals surface area contributed by atoms with Gasteiger partial charge in [-0.3, -0.25) is 14.6 Å². The Bertz CT molecular complexity index is 951. The average Bonchev–Trinajstić information content (AvgIpc) is 3.24. The maximum Gasteiger partial charge on any atom is 0.251 e. The highest BCUT2D eigenvalue weighted by Gasteiger charge is 2.38. The van der Waals surface area contributed by atoms with Gasteiger partial charge in [-0.2, -0.15) is 0 Å². The highest BCUT2D eigenvalue weighted by Crippen LogP contribution is 2.36. The van der Waals surface area contributed by atoms with E-state index in [-0.39, 0.29) is 23.8 Å². The summed E-state index contributed by atoms with van der Waals surface area (Å²) in [6.07, 6.45) is 5.74. The molecule has 3 aromatic rings. The van der Waals surface area contributed by atoms with Crippen LogP contribution in [0.4, 0.5) is 0 Å². The average molecular weight is 348 g/mol. The van der Waals surface area contributed by atoms with Crippen LogP contribution in [0.3, 0.4) is 0 Å². The summed E-state index contributed by atoms with van der Waals surface area (Å²) in [4.78, 5) is 33.7. The molecule has 1 aliphatic heterocycles. The van der Waals surface area contributed by atoms with E-state index in [0.717, 1.165) is 16.5 Å². The monoisotopic (exact) mass is 348 g/mol. The Morgan fingerprint density at radius 3 is 2.88 bits per heavy atom. The van der Waals surface area contributed by atoms with Crippen molar-refractivity contribution in [1.29, 1.82) is 0 Å². The number of rotatable bonds is 4. The second-order valence-electron chi connectivity index (χ2n) is 6.68. The van der Waals surface area contributed by atoms with E-state index in [0.29, 0.717) is 18.5 Å². The first-order valence-corrected chi connectivity index (χ1v) is 8.64. The van der Waals surface area contributed by atoms with Gasteiger partial charge in [0.2, 0.25) is 5.91 Å². The molecule has 1 saturated heterocycles. The van der Waals surface area contributed by atoms with Crippen molar-refractivity contribution in [2.45, 2.75) is 12.5 Å². The largest absolute Gasteiger partial charge is 0.361 e. The fourth-order valence-electron chi connectivity index (χ4n) is 3.71. The molecule has 4 rings (SSSR count). The van der Waals surface area contributed by atoms with Gasteiger partial charge in [0.05, 0.1) is 6.04 Å². The van der Waals surface area contributed by atoms with E-state index in [4.69, 9.17) is 0 Å². The highest BCUT2D eigenvalue weighted by molar-refractivity contribution is 5.98. The summed E-state index contributed by atoms with van der Waals surface area (Å²) < 4.78 is 0. The molecule has 0 unspecified atom stereocenters. The second kappa shape index (κ2) is 6.63. The van der Waals surface area contributed by atoms with Gasteiger partial charge in [0.1, 0.15) is 0 Å². The van der Waals surface area contributed by atoms with E-state index in [1.807, 2.05) is 43.6 Å². The number of likely N-dealkylation sites (tertiary alicyclic amines) is 1. The van der Waals surface area contributed by atoms with Crippen molar-refractivity contribution < 1.29 is 9.59 Å². The van der Waals surface area contributed by atoms with E-state index in [1.165, 1.54) is 0 Å². The van der Waals surface area contributed by atoms with Gasteiger partial charge in [-0.15, -0.1) is 0 Å². The van der Waals surface area contributed by atoms with Crippen molar-refractivity contribution in [3.05, 3.63) is 66.1 Å². The molecule has 1 fully saturated rings. The minimum Gasteiger partial charge on any atom is -0.361 e. The molecule has 0 aliphatic carbocycles. The van der Waals surface area contributed by atoms with Gasteiger partial charge in [0.15, 0.2) is 0 Å². The first kappa shape index (κ1) is 16.3. The molecule has 6 heteroatoms. The number of fused-ring (bicyclic) bond motifs is 1. The predicted molar refractivity (Wildman–Crippen MR) is 98.5 cm³/mol. The van der Waals surface area contributed by atoms with Crippen LogP contribution < -0.4 is 5.32 Å². The molecular formula is C20H20N4O2. The number of aromatic nitrogens is 2. The smallest absolute Gasteiger partial charge is 0.251 e. The van der Waals surface area contributed by atoms with Crippen molar-refractivity contribution in [2.24, 2.45) is 5.92 Å². The normalized spacial score (nSPS) is 19.9. The number of hydrogen-bond donors (Lipinski definition) is 2. The number of carbonyl (C=O) groups is 2. The van der Waals surface area contributed by atoms with E-state index in [9.17, 15) is 9.59 Å². The minimum atomic E-state index is -0.122. The molecule has 2 amide bonds. The molecule has 26 heavy (non-hydrogen) atoms. The summed E-state index contributed by atoms with van der Waals surface area (Å²) in [7, 11) is 1.81. The Morgan fingerprint density at radius 1 is 1.27 bits per heavy atom. The number of aromatic amines is 1. The fraction of sp³-hybridized carbons (Fsp3) is 0.250. The third-order valence-corrected chi connectivity index (χ3v) is 5.08. The zero-order valence-corrected chi connectivity index (χ0v) is 14.5. The van der Waals surface area contributed by atoms with Gasteiger partial charge in [-0.1, -0.05) is 0 Å². The third kappa shape index (κ3) is 2.94. The van der Waals surface area contributed by atoms with Crippen LogP contribution in [0, 0.1) is 5.92 Å². The van der Waals surface area contributed by atoms with Crippen LogP contribution >= 0.6 is 0 Å². The first-order valence-electron chi connectivity index (χ1n) is 8.64. The molecule has 0 spiro atoms. The van der Waals surface area contributed by atoms with Crippen LogP contribution in [0.2, 0.25) is 0 Å². The number of nitrogens with zero attached hydrogens (tertiary/aromatic N) is 2. The molecule has 3 heterocycles. The summed E-state index contributed by atoms with van der Waals surface area (Å²) in [5, 5.41) is 4.00. The lowest BCUT2D eigenvalue weighted by atomic mass is 9.94. The molecule has 2 N–H and O–H groups in total. The van der Waals surface area contributed by atoms with E-state index < -0.39 is 0 Å². The molecule has 0 radical (unpaired) electrons. The number of nitrogens with one attached hydrogen (secondary N) is 2. The third-order valence-electron chi connectivity index (χ3n) is 5.08. The number of amides is 2. The number of carbonyl (C=O) groups excluding carboxylic acids is 2. The minimum absolute atomic E-state index is 0.0369. The Labute approximate surface area is 151 Å². The maximum atomic E-state index is 12.5. The molecule has 132 valence electrons. The number of H-pyrrole nitrogens is 1. The zero-order chi connectivity index (χ0) is 18.1. The summed E-state index contributed by atoms with van der Waals surface area (Å²) in [5.74, 6) is 0.0122. The van der Waals surface area contributed by atoms with Gasteiger partial charge >= 0.3 is 0 Å². The standard InChI is InChI=1S/C20H20N4O2/c1-24-18(25)11-16(19(24)13-4-7-21-8-5-13)12-23-20(26)15-2-3-17-14(10-15)6-9-22-17/h2-10,16,19,22H,11-12H2,1H3,(H,23,26)/t16-,19-/m0/s1. The van der Waals surface area contributed by atoms with Crippen LogP contribution in [0.25, 0.3) is 10.9 Å². The predicted octanol–water partition coefficient (Wildman–Crippen LogP) is 2.51. The molecule has 1 aliphatic rings. The molecule has 1 aromatic carbocycles. The zero-order valence-electron chi connectivity index (χ0n) is 14.5. The molecule has 2 atom stereocenters. The van der Waals surface area contributed by atoms with Crippen molar-refractivity contribution in [1.82, 2.24) is 20.2 Å². The SMILES string of the molecule is CN1C(=O)C[C@@H](CNC(=O)c2ccc3[nH]ccc3c2)[C@@H]1c1ccncc1. The number of hydrogen-bond acceptors (Lipinski definition) is 3. The highest BCUT2D eigenvalue weighted by atomic mass is 16.2. The van der Waals surface area contributed by atoms with Crippen LogP contribution in [-0.2, 0) is 4.79 Å². The van der Waals surface area contributed by atoms with E-state index in [2.05, 4.69) is 15.3 Å². The Morgan fingerprint density at radius 2 is 2.08 bits per heavy atom. The molecule has 0 saturated carbocycles. The van der Waals surface area contributed by atoms with Gasteiger partial charge < -0.3 is 15.2 Å². The van der Waals surface area contributed by atoms with Gasteiger partial charge in [0.25, 0.3) is 5.91 Å². The van der Waals surface area contributed by atoms with Gasteiger partial charge in [0, 0.05) is 61.0 Å². The Kier molecular flexibility index (Phi) is 4.16. The van der Waals surface area contributed by atoms with Crippen molar-refractivity contribution in [3.63, 3.8) is 0 Å². The maximum absolute atomic E-state index is 12.5.